The van der Waals surface area contributed by atoms with Crippen LogP contribution in [-0.4, -0.2) is 58.0 Å². The molecule has 2 saturated carbocycles. The molecule has 1 N–H and O–H groups in total. The van der Waals surface area contributed by atoms with E-state index < -0.39 is 0 Å². The van der Waals surface area contributed by atoms with E-state index in [1.165, 1.54) is 51.4 Å². The summed E-state index contributed by atoms with van der Waals surface area (Å²) in [6, 6.07) is 0. The van der Waals surface area contributed by atoms with Gasteiger partial charge in [0, 0.05) is 11.1 Å². The van der Waals surface area contributed by atoms with E-state index >= 15 is 0 Å². The molecule has 3 rings (SSSR count). The van der Waals surface area contributed by atoms with E-state index in [4.69, 9.17) is 14.2 Å². The van der Waals surface area contributed by atoms with Crippen LogP contribution in [0.5, 0.6) is 0 Å². The summed E-state index contributed by atoms with van der Waals surface area (Å²) in [6.45, 7) is 29.7. The Morgan fingerprint density at radius 2 is 1.11 bits per heavy atom. The van der Waals surface area contributed by atoms with Crippen molar-refractivity contribution in [3.05, 3.63) is 0 Å². The van der Waals surface area contributed by atoms with Crippen molar-refractivity contribution in [1.29, 1.82) is 0 Å². The minimum absolute atomic E-state index is 0.149. The van der Waals surface area contributed by atoms with Crippen molar-refractivity contribution in [3.63, 3.8) is 0 Å². The molecule has 1 saturated heterocycles. The van der Waals surface area contributed by atoms with Crippen LogP contribution >= 0.6 is 0 Å². The van der Waals surface area contributed by atoms with Gasteiger partial charge in [0.15, 0.2) is 0 Å². The third-order valence-corrected chi connectivity index (χ3v) is 12.0. The monoisotopic (exact) mass is 622 g/mol. The summed E-state index contributed by atoms with van der Waals surface area (Å²) in [5.41, 5.74) is -0.00376. The van der Waals surface area contributed by atoms with E-state index in [1.807, 2.05) is 0 Å². The van der Waals surface area contributed by atoms with E-state index in [1.54, 1.807) is 5.06 Å². The first kappa shape index (κ1) is 38.2. The van der Waals surface area contributed by atoms with Gasteiger partial charge in [-0.15, -0.1) is 0 Å². The minimum atomic E-state index is -0.299. The van der Waals surface area contributed by atoms with Gasteiger partial charge in [0.2, 0.25) is 0 Å². The Balaban J connectivity index is 1.49. The molecule has 3 aliphatic rings. The lowest BCUT2D eigenvalue weighted by Gasteiger charge is -2.52. The number of hydrogen-bond acceptors (Lipinski definition) is 5. The number of ether oxygens (including phenoxy) is 3. The zero-order chi connectivity index (χ0) is 33.1. The molecule has 1 heterocycles. The van der Waals surface area contributed by atoms with Gasteiger partial charge in [-0.1, -0.05) is 48.5 Å². The highest BCUT2D eigenvalue weighted by Crippen LogP contribution is 2.49. The third kappa shape index (κ3) is 10.7. The maximum absolute atomic E-state index is 10.8. The molecule has 1 aliphatic heterocycles. The molecule has 260 valence electrons. The summed E-state index contributed by atoms with van der Waals surface area (Å²) in [7, 11) is 0. The molecule has 4 unspecified atom stereocenters. The van der Waals surface area contributed by atoms with Crippen LogP contribution in [0.25, 0.3) is 0 Å². The van der Waals surface area contributed by atoms with Crippen molar-refractivity contribution < 1.29 is 19.4 Å². The zero-order valence-electron chi connectivity index (χ0n) is 31.5. The molecule has 0 aromatic carbocycles. The fourth-order valence-corrected chi connectivity index (χ4v) is 9.21. The first-order valence-corrected chi connectivity index (χ1v) is 18.7. The summed E-state index contributed by atoms with van der Waals surface area (Å²) in [5, 5.41) is 12.4. The molecule has 0 aromatic rings. The molecule has 0 aromatic heterocycles. The Hall–Kier alpha value is -0.200. The molecule has 5 heteroatoms. The highest BCUT2D eigenvalue weighted by Gasteiger charge is 2.47. The van der Waals surface area contributed by atoms with Crippen molar-refractivity contribution in [3.8, 4) is 0 Å². The van der Waals surface area contributed by atoms with Crippen LogP contribution in [0.1, 0.15) is 173 Å². The summed E-state index contributed by atoms with van der Waals surface area (Å²) in [6.07, 6.45) is 16.8. The highest BCUT2D eigenvalue weighted by molar-refractivity contribution is 4.97. The molecule has 5 nitrogen and oxygen atoms in total. The van der Waals surface area contributed by atoms with Gasteiger partial charge in [-0.2, -0.15) is 5.06 Å². The van der Waals surface area contributed by atoms with E-state index in [-0.39, 0.29) is 34.8 Å². The van der Waals surface area contributed by atoms with E-state index in [0.29, 0.717) is 29.6 Å². The second-order valence-electron chi connectivity index (χ2n) is 18.7. The van der Waals surface area contributed by atoms with Crippen LogP contribution in [0.2, 0.25) is 0 Å². The molecular weight excluding hydrogens is 546 g/mol. The van der Waals surface area contributed by atoms with Gasteiger partial charge in [-0.25, -0.2) is 0 Å². The van der Waals surface area contributed by atoms with Crippen molar-refractivity contribution in [1.82, 2.24) is 5.06 Å². The number of hydroxylamine groups is 2. The fraction of sp³-hybridized carbons (Fsp3) is 1.00. The smallest absolute Gasteiger partial charge is 0.0615 e. The minimum Gasteiger partial charge on any atom is -0.375 e. The second kappa shape index (κ2) is 15.3. The molecule has 3 fully saturated rings. The summed E-state index contributed by atoms with van der Waals surface area (Å²) < 4.78 is 20.0. The predicted molar refractivity (Wildman–Crippen MR) is 184 cm³/mol. The fourth-order valence-electron chi connectivity index (χ4n) is 9.21. The van der Waals surface area contributed by atoms with E-state index in [9.17, 15) is 5.21 Å². The predicted octanol–water partition coefficient (Wildman–Crippen LogP) is 10.6. The van der Waals surface area contributed by atoms with Gasteiger partial charge in [0.05, 0.1) is 36.6 Å². The first-order valence-electron chi connectivity index (χ1n) is 18.7. The molecule has 0 bridgehead atoms. The first-order chi connectivity index (χ1) is 20.2. The van der Waals surface area contributed by atoms with Crippen molar-refractivity contribution in [2.75, 3.05) is 0 Å². The van der Waals surface area contributed by atoms with Crippen LogP contribution in [-0.2, 0) is 14.2 Å². The molecule has 0 spiro atoms. The number of hydrogen-bond donors (Lipinski definition) is 1. The van der Waals surface area contributed by atoms with Crippen molar-refractivity contribution in [2.24, 2.45) is 28.6 Å². The van der Waals surface area contributed by atoms with Gasteiger partial charge in [-0.05, 0) is 154 Å². The Morgan fingerprint density at radius 3 is 1.52 bits per heavy atom. The number of nitrogens with zero attached hydrogens (tertiary/aromatic N) is 1. The van der Waals surface area contributed by atoms with Gasteiger partial charge in [-0.3, -0.25) is 0 Å². The Morgan fingerprint density at radius 1 is 0.682 bits per heavy atom. The van der Waals surface area contributed by atoms with E-state index in [0.717, 1.165) is 43.9 Å². The van der Waals surface area contributed by atoms with E-state index in [2.05, 4.69) is 90.0 Å². The Labute approximate surface area is 273 Å². The Bertz CT molecular complexity index is 829. The van der Waals surface area contributed by atoms with Crippen LogP contribution in [0.15, 0.2) is 0 Å². The quantitative estimate of drug-likeness (QED) is 0.222. The maximum atomic E-state index is 10.8. The summed E-state index contributed by atoms with van der Waals surface area (Å²) in [4.78, 5) is 0. The lowest BCUT2D eigenvalue weighted by atomic mass is 9.60. The molecular formula is C39H75NO4. The van der Waals surface area contributed by atoms with Crippen LogP contribution < -0.4 is 0 Å². The second-order valence-corrected chi connectivity index (χ2v) is 18.7. The summed E-state index contributed by atoms with van der Waals surface area (Å²) >= 11 is 0. The normalized spacial score (nSPS) is 31.8. The molecule has 44 heavy (non-hydrogen) atoms. The van der Waals surface area contributed by atoms with Crippen LogP contribution in [0, 0.1) is 28.6 Å². The largest absolute Gasteiger partial charge is 0.375 e. The topological polar surface area (TPSA) is 51.2 Å². The zero-order valence-corrected chi connectivity index (χ0v) is 31.5. The molecule has 0 amide bonds. The summed E-state index contributed by atoms with van der Waals surface area (Å²) in [5.74, 6) is 2.04. The average molecular weight is 622 g/mol. The molecule has 0 radical (unpaired) electrons. The SMILES string of the molecule is CCC(C)OC1CCC(C(C)(C)C2CCC(OC(C)CC(C)C(CC(C)(C)C)OC3CC(C)(C)N(O)C(C)(C)C3)CC2)CC1. The van der Waals surface area contributed by atoms with Gasteiger partial charge in [0.1, 0.15) is 0 Å². The maximum Gasteiger partial charge on any atom is 0.0615 e. The highest BCUT2D eigenvalue weighted by atomic mass is 16.5. The van der Waals surface area contributed by atoms with Gasteiger partial charge < -0.3 is 19.4 Å². The van der Waals surface area contributed by atoms with Crippen LogP contribution in [0.3, 0.4) is 0 Å². The standard InChI is InChI=1S/C39H75NO4/c1-14-28(3)42-32-19-15-30(16-20-32)39(12,13)31-17-21-33(22-18-31)43-29(4)23-27(2)35(26-36(5,6)7)44-34-24-37(8,9)40(41)38(10,11)25-34/h27-35,41H,14-26H2,1-13H3. The van der Waals surface area contributed by atoms with Gasteiger partial charge >= 0.3 is 0 Å². The Kier molecular flexibility index (Phi) is 13.3. The third-order valence-electron chi connectivity index (χ3n) is 12.0. The number of rotatable bonds is 13. The molecule has 4 atom stereocenters. The van der Waals surface area contributed by atoms with Crippen molar-refractivity contribution in [2.45, 2.75) is 221 Å². The van der Waals surface area contributed by atoms with Gasteiger partial charge in [0.25, 0.3) is 0 Å². The number of piperidine rings is 1. The lowest BCUT2D eigenvalue weighted by molar-refractivity contribution is -0.267. The molecule has 2 aliphatic carbocycles. The van der Waals surface area contributed by atoms with Crippen LogP contribution in [0.4, 0.5) is 0 Å². The van der Waals surface area contributed by atoms with Crippen molar-refractivity contribution >= 4 is 0 Å². The lowest BCUT2D eigenvalue weighted by Crippen LogP contribution is -2.61. The average Bonchev–Trinajstić information content (AvgIpc) is 2.90.